The Morgan fingerprint density at radius 2 is 2.36 bits per heavy atom. The molecule has 1 N–H and O–H groups in total. The van der Waals surface area contributed by atoms with Crippen LogP contribution < -0.4 is 0 Å². The topological polar surface area (TPSA) is 50.2 Å². The Bertz CT molecular complexity index is 325. The number of carboxylic acids is 1. The Labute approximate surface area is 63.7 Å². The summed E-state index contributed by atoms with van der Waals surface area (Å²) >= 11 is 0. The Kier molecular flexibility index (Phi) is 1.88. The number of terminal acetylenes is 1. The molecule has 0 amide bonds. The molecule has 0 aliphatic heterocycles. The highest BCUT2D eigenvalue weighted by atomic mass is 16.4. The van der Waals surface area contributed by atoms with E-state index in [1.165, 1.54) is 18.5 Å². The molecular formula is C8H5NO2. The summed E-state index contributed by atoms with van der Waals surface area (Å²) in [5, 5.41) is 8.50. The maximum Gasteiger partial charge on any atom is 0.337 e. The minimum atomic E-state index is -1.02. The smallest absolute Gasteiger partial charge is 0.337 e. The zero-order valence-electron chi connectivity index (χ0n) is 5.61. The zero-order chi connectivity index (χ0) is 8.27. The number of aromatic carboxylic acids is 1. The molecule has 0 unspecified atom stereocenters. The Hall–Kier alpha value is -1.82. The molecule has 0 aliphatic rings. The highest BCUT2D eigenvalue weighted by Crippen LogP contribution is 2.00. The van der Waals surface area contributed by atoms with Crippen LogP contribution in [0.2, 0.25) is 0 Å². The number of pyridine rings is 1. The summed E-state index contributed by atoms with van der Waals surface area (Å²) in [6.07, 6.45) is 7.73. The van der Waals surface area contributed by atoms with E-state index in [0.717, 1.165) is 0 Å². The van der Waals surface area contributed by atoms with Crippen molar-refractivity contribution in [3.63, 3.8) is 0 Å². The van der Waals surface area contributed by atoms with Crippen molar-refractivity contribution in [2.45, 2.75) is 0 Å². The summed E-state index contributed by atoms with van der Waals surface area (Å²) in [7, 11) is 0. The third kappa shape index (κ3) is 1.55. The molecule has 0 saturated carbocycles. The minimum absolute atomic E-state index is 0.112. The Morgan fingerprint density at radius 1 is 1.64 bits per heavy atom. The molecule has 11 heavy (non-hydrogen) atoms. The summed E-state index contributed by atoms with van der Waals surface area (Å²) in [5.74, 6) is 1.28. The fourth-order valence-electron chi connectivity index (χ4n) is 0.636. The largest absolute Gasteiger partial charge is 0.478 e. The number of aromatic nitrogens is 1. The summed E-state index contributed by atoms with van der Waals surface area (Å²) < 4.78 is 0. The fourth-order valence-corrected chi connectivity index (χ4v) is 0.636. The highest BCUT2D eigenvalue weighted by Gasteiger charge is 2.01. The van der Waals surface area contributed by atoms with E-state index in [2.05, 4.69) is 10.9 Å². The minimum Gasteiger partial charge on any atom is -0.478 e. The van der Waals surface area contributed by atoms with E-state index < -0.39 is 5.97 Å². The molecule has 0 saturated heterocycles. The van der Waals surface area contributed by atoms with E-state index in [1.54, 1.807) is 0 Å². The summed E-state index contributed by atoms with van der Waals surface area (Å²) in [4.78, 5) is 14.0. The van der Waals surface area contributed by atoms with Gasteiger partial charge in [0, 0.05) is 18.0 Å². The number of carboxylic acid groups (broad SMARTS) is 1. The maximum absolute atomic E-state index is 10.4. The molecule has 0 aliphatic carbocycles. The molecule has 0 spiro atoms. The average Bonchev–Trinajstić information content (AvgIpc) is 2.05. The lowest BCUT2D eigenvalue weighted by Gasteiger charge is -1.92. The summed E-state index contributed by atoms with van der Waals surface area (Å²) in [5.41, 5.74) is 0.588. The predicted octanol–water partition coefficient (Wildman–Crippen LogP) is 0.761. The van der Waals surface area contributed by atoms with E-state index in [4.69, 9.17) is 11.5 Å². The number of hydrogen-bond donors (Lipinski definition) is 1. The van der Waals surface area contributed by atoms with Gasteiger partial charge in [-0.25, -0.2) is 4.79 Å². The molecule has 0 aromatic carbocycles. The van der Waals surface area contributed by atoms with Gasteiger partial charge in [0.05, 0.1) is 5.56 Å². The van der Waals surface area contributed by atoms with Gasteiger partial charge in [-0.3, -0.25) is 4.98 Å². The predicted molar refractivity (Wildman–Crippen MR) is 39.1 cm³/mol. The van der Waals surface area contributed by atoms with E-state index in [0.29, 0.717) is 5.56 Å². The number of carbonyl (C=O) groups is 1. The SMILES string of the molecule is C#Cc1cncc(C(=O)O)c1. The van der Waals surface area contributed by atoms with Crippen LogP contribution >= 0.6 is 0 Å². The van der Waals surface area contributed by atoms with Crippen molar-refractivity contribution in [2.24, 2.45) is 0 Å². The van der Waals surface area contributed by atoms with Crippen molar-refractivity contribution in [1.29, 1.82) is 0 Å². The quantitative estimate of drug-likeness (QED) is 0.596. The van der Waals surface area contributed by atoms with Crippen molar-refractivity contribution in [2.75, 3.05) is 0 Å². The lowest BCUT2D eigenvalue weighted by Crippen LogP contribution is -1.97. The molecule has 0 fully saturated rings. The first-order valence-corrected chi connectivity index (χ1v) is 2.89. The normalized spacial score (nSPS) is 8.64. The summed E-state index contributed by atoms with van der Waals surface area (Å²) in [6.45, 7) is 0. The van der Waals surface area contributed by atoms with Crippen molar-refractivity contribution >= 4 is 5.97 Å². The monoisotopic (exact) mass is 147 g/mol. The molecule has 1 aromatic heterocycles. The van der Waals surface area contributed by atoms with Crippen LogP contribution in [0.1, 0.15) is 15.9 Å². The van der Waals surface area contributed by atoms with Crippen molar-refractivity contribution < 1.29 is 9.90 Å². The molecule has 1 rings (SSSR count). The molecule has 1 aromatic rings. The van der Waals surface area contributed by atoms with Gasteiger partial charge >= 0.3 is 5.97 Å². The lowest BCUT2D eigenvalue weighted by molar-refractivity contribution is 0.0696. The van der Waals surface area contributed by atoms with Crippen LogP contribution in [0.3, 0.4) is 0 Å². The van der Waals surface area contributed by atoms with Crippen LogP contribution in [-0.2, 0) is 0 Å². The van der Waals surface area contributed by atoms with Crippen LogP contribution in [0.5, 0.6) is 0 Å². The Balaban J connectivity index is 3.13. The molecule has 0 atom stereocenters. The molecule has 54 valence electrons. The lowest BCUT2D eigenvalue weighted by atomic mass is 10.2. The first-order chi connectivity index (χ1) is 5.24. The fraction of sp³-hybridized carbons (Fsp3) is 0. The average molecular weight is 147 g/mol. The standard InChI is InChI=1S/C8H5NO2/c1-2-6-3-7(8(10)11)5-9-4-6/h1,3-5H,(H,10,11). The first-order valence-electron chi connectivity index (χ1n) is 2.89. The van der Waals surface area contributed by atoms with Gasteiger partial charge in [-0.1, -0.05) is 5.92 Å². The van der Waals surface area contributed by atoms with Gasteiger partial charge < -0.3 is 5.11 Å². The zero-order valence-corrected chi connectivity index (χ0v) is 5.61. The maximum atomic E-state index is 10.4. The summed E-state index contributed by atoms with van der Waals surface area (Å²) in [6, 6.07) is 1.40. The van der Waals surface area contributed by atoms with Crippen LogP contribution in [-0.4, -0.2) is 16.1 Å². The van der Waals surface area contributed by atoms with E-state index in [1.807, 2.05) is 0 Å². The third-order valence-corrected chi connectivity index (χ3v) is 1.15. The number of rotatable bonds is 1. The second-order valence-corrected chi connectivity index (χ2v) is 1.91. The van der Waals surface area contributed by atoms with Gasteiger partial charge in [0.15, 0.2) is 0 Å². The number of nitrogens with zero attached hydrogens (tertiary/aromatic N) is 1. The molecule has 3 heteroatoms. The van der Waals surface area contributed by atoms with Crippen LogP contribution in [0.4, 0.5) is 0 Å². The van der Waals surface area contributed by atoms with Crippen LogP contribution in [0.25, 0.3) is 0 Å². The van der Waals surface area contributed by atoms with Gasteiger partial charge in [0.2, 0.25) is 0 Å². The van der Waals surface area contributed by atoms with Gasteiger partial charge in [0.1, 0.15) is 0 Å². The van der Waals surface area contributed by atoms with Gasteiger partial charge in [0.25, 0.3) is 0 Å². The van der Waals surface area contributed by atoms with Crippen molar-refractivity contribution in [1.82, 2.24) is 4.98 Å². The van der Waals surface area contributed by atoms with Crippen molar-refractivity contribution in [3.05, 3.63) is 29.6 Å². The van der Waals surface area contributed by atoms with Crippen LogP contribution in [0, 0.1) is 12.3 Å². The van der Waals surface area contributed by atoms with Crippen molar-refractivity contribution in [3.8, 4) is 12.3 Å². The molecular weight excluding hydrogens is 142 g/mol. The molecule has 3 nitrogen and oxygen atoms in total. The van der Waals surface area contributed by atoms with E-state index >= 15 is 0 Å². The third-order valence-electron chi connectivity index (χ3n) is 1.15. The van der Waals surface area contributed by atoms with Gasteiger partial charge in [-0.05, 0) is 6.07 Å². The molecule has 1 heterocycles. The molecule has 0 bridgehead atoms. The van der Waals surface area contributed by atoms with Gasteiger partial charge in [-0.2, -0.15) is 0 Å². The Morgan fingerprint density at radius 3 is 2.91 bits per heavy atom. The van der Waals surface area contributed by atoms with Crippen LogP contribution in [0.15, 0.2) is 18.5 Å². The second-order valence-electron chi connectivity index (χ2n) is 1.91. The van der Waals surface area contributed by atoms with Gasteiger partial charge in [-0.15, -0.1) is 6.42 Å². The first kappa shape index (κ1) is 7.29. The number of hydrogen-bond acceptors (Lipinski definition) is 2. The molecule has 0 radical (unpaired) electrons. The highest BCUT2D eigenvalue weighted by molar-refractivity contribution is 5.87. The van der Waals surface area contributed by atoms with E-state index in [-0.39, 0.29) is 5.56 Å². The second kappa shape index (κ2) is 2.84. The van der Waals surface area contributed by atoms with E-state index in [9.17, 15) is 4.79 Å².